The number of carbonyl (C=O) groups is 2. The zero-order valence-electron chi connectivity index (χ0n) is 20.4. The van der Waals surface area contributed by atoms with E-state index >= 15 is 4.39 Å². The lowest BCUT2D eigenvalue weighted by molar-refractivity contribution is -0.146. The standard InChI is InChI=1S/C30H26FNO5/c1-2-36-30(35)24-18-32(22-13-14-22)26-15-21(25(31)17-23(26)28(24)34)16-27(33)37-29(19-9-5-3-6-10-19)20-11-7-4-8-12-20/h3-12,15,17-18,22,29H,2,13-14,16H2,1H3. The number of hydrogen-bond acceptors (Lipinski definition) is 5. The summed E-state index contributed by atoms with van der Waals surface area (Å²) in [5, 5.41) is 0.0820. The second kappa shape index (κ2) is 10.4. The molecule has 0 saturated heterocycles. The Kier molecular flexibility index (Phi) is 6.86. The molecule has 188 valence electrons. The molecular formula is C30H26FNO5. The van der Waals surface area contributed by atoms with Gasteiger partial charge >= 0.3 is 11.9 Å². The van der Waals surface area contributed by atoms with E-state index in [9.17, 15) is 14.4 Å². The summed E-state index contributed by atoms with van der Waals surface area (Å²) >= 11 is 0. The first-order valence-corrected chi connectivity index (χ1v) is 12.3. The highest BCUT2D eigenvalue weighted by Crippen LogP contribution is 2.37. The minimum atomic E-state index is -0.732. The molecule has 0 radical (unpaired) electrons. The van der Waals surface area contributed by atoms with Crippen molar-refractivity contribution in [3.8, 4) is 0 Å². The lowest BCUT2D eigenvalue weighted by Crippen LogP contribution is -2.21. The van der Waals surface area contributed by atoms with Gasteiger partial charge in [0.25, 0.3) is 0 Å². The molecule has 0 unspecified atom stereocenters. The number of fused-ring (bicyclic) bond motifs is 1. The number of ether oxygens (including phenoxy) is 2. The van der Waals surface area contributed by atoms with Gasteiger partial charge in [0.05, 0.1) is 18.5 Å². The second-order valence-corrected chi connectivity index (χ2v) is 9.06. The lowest BCUT2D eigenvalue weighted by atomic mass is 10.0. The van der Waals surface area contributed by atoms with E-state index in [-0.39, 0.29) is 35.6 Å². The first-order chi connectivity index (χ1) is 18.0. The molecule has 5 rings (SSSR count). The summed E-state index contributed by atoms with van der Waals surface area (Å²) in [5.41, 5.74) is 1.49. The Labute approximate surface area is 213 Å². The number of benzene rings is 3. The van der Waals surface area contributed by atoms with Gasteiger partial charge in [-0.1, -0.05) is 60.7 Å². The number of aromatic nitrogens is 1. The van der Waals surface area contributed by atoms with Gasteiger partial charge in [0.2, 0.25) is 5.43 Å². The van der Waals surface area contributed by atoms with Crippen molar-refractivity contribution in [3.05, 3.63) is 117 Å². The average Bonchev–Trinajstić information content (AvgIpc) is 3.75. The van der Waals surface area contributed by atoms with E-state index in [4.69, 9.17) is 9.47 Å². The third kappa shape index (κ3) is 5.16. The van der Waals surface area contributed by atoms with Crippen molar-refractivity contribution >= 4 is 22.8 Å². The Hall–Kier alpha value is -4.26. The van der Waals surface area contributed by atoms with Crippen molar-refractivity contribution in [2.24, 2.45) is 0 Å². The van der Waals surface area contributed by atoms with E-state index < -0.39 is 29.3 Å². The SMILES string of the molecule is CCOC(=O)c1cn(C2CC2)c2cc(CC(=O)OC(c3ccccc3)c3ccccc3)c(F)cc2c1=O. The summed E-state index contributed by atoms with van der Waals surface area (Å²) in [5.74, 6) is -2.04. The average molecular weight is 500 g/mol. The summed E-state index contributed by atoms with van der Waals surface area (Å²) in [4.78, 5) is 38.4. The summed E-state index contributed by atoms with van der Waals surface area (Å²) < 4.78 is 27.9. The first-order valence-electron chi connectivity index (χ1n) is 12.3. The zero-order valence-corrected chi connectivity index (χ0v) is 20.4. The van der Waals surface area contributed by atoms with Crippen LogP contribution in [0.4, 0.5) is 4.39 Å². The van der Waals surface area contributed by atoms with Crippen LogP contribution in [0.1, 0.15) is 59.0 Å². The maximum Gasteiger partial charge on any atom is 0.343 e. The normalized spacial score (nSPS) is 13.1. The molecule has 0 amide bonds. The van der Waals surface area contributed by atoms with Crippen LogP contribution in [-0.4, -0.2) is 23.1 Å². The van der Waals surface area contributed by atoms with Gasteiger partial charge in [-0.25, -0.2) is 9.18 Å². The fraction of sp³-hybridized carbons (Fsp3) is 0.233. The van der Waals surface area contributed by atoms with Gasteiger partial charge in [-0.2, -0.15) is 0 Å². The molecule has 0 N–H and O–H groups in total. The number of hydrogen-bond donors (Lipinski definition) is 0. The molecule has 6 nitrogen and oxygen atoms in total. The van der Waals surface area contributed by atoms with Gasteiger partial charge < -0.3 is 14.0 Å². The molecule has 1 aliphatic carbocycles. The summed E-state index contributed by atoms with van der Waals surface area (Å²) in [6.07, 6.45) is 2.29. The molecule has 3 aromatic carbocycles. The molecule has 0 bridgehead atoms. The van der Waals surface area contributed by atoms with Gasteiger partial charge in [-0.05, 0) is 43.0 Å². The van der Waals surface area contributed by atoms with Crippen molar-refractivity contribution < 1.29 is 23.5 Å². The van der Waals surface area contributed by atoms with Gasteiger partial charge in [0.1, 0.15) is 11.4 Å². The van der Waals surface area contributed by atoms with E-state index in [1.165, 1.54) is 12.3 Å². The molecule has 0 aliphatic heterocycles. The topological polar surface area (TPSA) is 74.6 Å². The molecule has 7 heteroatoms. The van der Waals surface area contributed by atoms with Crippen LogP contribution >= 0.6 is 0 Å². The molecule has 1 aromatic heterocycles. The Morgan fingerprint density at radius 1 is 1.00 bits per heavy atom. The number of nitrogens with zero attached hydrogens (tertiary/aromatic N) is 1. The largest absolute Gasteiger partial charge is 0.462 e. The number of esters is 2. The molecule has 37 heavy (non-hydrogen) atoms. The van der Waals surface area contributed by atoms with Crippen LogP contribution in [-0.2, 0) is 20.7 Å². The minimum Gasteiger partial charge on any atom is -0.462 e. The van der Waals surface area contributed by atoms with Crippen molar-refractivity contribution in [1.82, 2.24) is 4.57 Å². The third-order valence-corrected chi connectivity index (χ3v) is 6.42. The molecule has 1 heterocycles. The van der Waals surface area contributed by atoms with Crippen molar-refractivity contribution in [2.45, 2.75) is 38.3 Å². The minimum absolute atomic E-state index is 0.0820. The Bertz CT molecular complexity index is 1470. The maximum atomic E-state index is 15.2. The number of halogens is 1. The van der Waals surface area contributed by atoms with Crippen LogP contribution in [0.25, 0.3) is 10.9 Å². The molecule has 1 fully saturated rings. The highest BCUT2D eigenvalue weighted by atomic mass is 19.1. The molecule has 4 aromatic rings. The van der Waals surface area contributed by atoms with E-state index in [0.717, 1.165) is 30.0 Å². The molecule has 1 saturated carbocycles. The van der Waals surface area contributed by atoms with Crippen LogP contribution in [0.15, 0.2) is 83.8 Å². The molecule has 0 spiro atoms. The Balaban J connectivity index is 1.48. The van der Waals surface area contributed by atoms with Gasteiger partial charge in [0.15, 0.2) is 6.10 Å². The van der Waals surface area contributed by atoms with Gasteiger partial charge in [0, 0.05) is 23.2 Å². The van der Waals surface area contributed by atoms with E-state index in [2.05, 4.69) is 0 Å². The van der Waals surface area contributed by atoms with Crippen LogP contribution in [0.5, 0.6) is 0 Å². The fourth-order valence-corrected chi connectivity index (χ4v) is 4.47. The summed E-state index contributed by atoms with van der Waals surface area (Å²) in [6.45, 7) is 1.78. The fourth-order valence-electron chi connectivity index (χ4n) is 4.47. The molecular weight excluding hydrogens is 473 g/mol. The first kappa shape index (κ1) is 24.4. The predicted octanol–water partition coefficient (Wildman–Crippen LogP) is 5.53. The van der Waals surface area contributed by atoms with Gasteiger partial charge in [-0.3, -0.25) is 9.59 Å². The molecule has 0 atom stereocenters. The van der Waals surface area contributed by atoms with Crippen molar-refractivity contribution in [2.75, 3.05) is 6.61 Å². The predicted molar refractivity (Wildman–Crippen MR) is 137 cm³/mol. The van der Waals surface area contributed by atoms with Crippen molar-refractivity contribution in [1.29, 1.82) is 0 Å². The van der Waals surface area contributed by atoms with Crippen LogP contribution in [0.3, 0.4) is 0 Å². The van der Waals surface area contributed by atoms with Crippen molar-refractivity contribution in [3.63, 3.8) is 0 Å². The molecule has 1 aliphatic rings. The van der Waals surface area contributed by atoms with Crippen LogP contribution < -0.4 is 5.43 Å². The highest BCUT2D eigenvalue weighted by molar-refractivity contribution is 5.94. The van der Waals surface area contributed by atoms with Crippen LogP contribution in [0.2, 0.25) is 0 Å². The summed E-state index contributed by atoms with van der Waals surface area (Å²) in [6, 6.07) is 21.4. The number of rotatable bonds is 8. The highest BCUT2D eigenvalue weighted by Gasteiger charge is 2.28. The van der Waals surface area contributed by atoms with Crippen LogP contribution in [0, 0.1) is 5.82 Å². The Morgan fingerprint density at radius 2 is 1.62 bits per heavy atom. The quantitative estimate of drug-likeness (QED) is 0.298. The number of pyridine rings is 1. The van der Waals surface area contributed by atoms with E-state index in [1.54, 1.807) is 6.92 Å². The zero-order chi connectivity index (χ0) is 25.9. The maximum absolute atomic E-state index is 15.2. The third-order valence-electron chi connectivity index (χ3n) is 6.42. The monoisotopic (exact) mass is 499 g/mol. The smallest absolute Gasteiger partial charge is 0.343 e. The lowest BCUT2D eigenvalue weighted by Gasteiger charge is -2.19. The van der Waals surface area contributed by atoms with E-state index in [1.807, 2.05) is 65.2 Å². The Morgan fingerprint density at radius 3 is 2.19 bits per heavy atom. The van der Waals surface area contributed by atoms with Gasteiger partial charge in [-0.15, -0.1) is 0 Å². The number of carbonyl (C=O) groups excluding carboxylic acids is 2. The van der Waals surface area contributed by atoms with E-state index in [0.29, 0.717) is 5.52 Å². The second-order valence-electron chi connectivity index (χ2n) is 9.06. The summed E-state index contributed by atoms with van der Waals surface area (Å²) in [7, 11) is 0.